The van der Waals surface area contributed by atoms with Crippen LogP contribution in [0.1, 0.15) is 44.7 Å². The fourth-order valence-corrected chi connectivity index (χ4v) is 3.85. The summed E-state index contributed by atoms with van der Waals surface area (Å²) in [7, 11) is 0. The van der Waals surface area contributed by atoms with E-state index in [9.17, 15) is 9.59 Å². The van der Waals surface area contributed by atoms with Gasteiger partial charge in [0, 0.05) is 36.8 Å². The third-order valence-electron chi connectivity index (χ3n) is 5.99. The number of aryl methyl sites for hydroxylation is 1. The maximum atomic E-state index is 12.4. The van der Waals surface area contributed by atoms with Gasteiger partial charge >= 0.3 is 11.8 Å². The third-order valence-corrected chi connectivity index (χ3v) is 5.99. The number of piperidine rings is 1. The van der Waals surface area contributed by atoms with Crippen LogP contribution >= 0.6 is 0 Å². The molecule has 5 heteroatoms. The fourth-order valence-electron chi connectivity index (χ4n) is 3.85. The molecule has 0 spiro atoms. The molecule has 2 amide bonds. The first kappa shape index (κ1) is 21.9. The van der Waals surface area contributed by atoms with Gasteiger partial charge in [-0.05, 0) is 42.5 Å². The smallest absolute Gasteiger partial charge is 0.309 e. The number of nitrogens with one attached hydrogen (secondary N) is 2. The van der Waals surface area contributed by atoms with Gasteiger partial charge in [-0.25, -0.2) is 0 Å². The SMILES string of the molecule is CCc1ccc(C(C)(C)CNC(=O)C(=O)NC2CCN(c3ccccc3)CC2)cc1. The van der Waals surface area contributed by atoms with Crippen LogP contribution in [0, 0.1) is 0 Å². The van der Waals surface area contributed by atoms with Gasteiger partial charge in [-0.2, -0.15) is 0 Å². The van der Waals surface area contributed by atoms with Gasteiger partial charge in [0.05, 0.1) is 0 Å². The lowest BCUT2D eigenvalue weighted by Crippen LogP contribution is -2.50. The molecule has 0 aliphatic carbocycles. The van der Waals surface area contributed by atoms with Crippen LogP contribution in [0.5, 0.6) is 0 Å². The number of rotatable bonds is 6. The number of para-hydroxylation sites is 1. The first-order chi connectivity index (χ1) is 14.4. The Morgan fingerprint density at radius 3 is 2.20 bits per heavy atom. The van der Waals surface area contributed by atoms with Gasteiger partial charge in [0.15, 0.2) is 0 Å². The molecule has 1 saturated heterocycles. The highest BCUT2D eigenvalue weighted by atomic mass is 16.2. The molecule has 1 heterocycles. The van der Waals surface area contributed by atoms with E-state index in [0.717, 1.165) is 37.9 Å². The van der Waals surface area contributed by atoms with E-state index >= 15 is 0 Å². The predicted molar refractivity (Wildman–Crippen MR) is 122 cm³/mol. The lowest BCUT2D eigenvalue weighted by molar-refractivity contribution is -0.139. The van der Waals surface area contributed by atoms with Gasteiger partial charge in [0.1, 0.15) is 0 Å². The monoisotopic (exact) mass is 407 g/mol. The summed E-state index contributed by atoms with van der Waals surface area (Å²) in [4.78, 5) is 27.0. The highest BCUT2D eigenvalue weighted by molar-refractivity contribution is 6.35. The van der Waals surface area contributed by atoms with Crippen molar-refractivity contribution in [3.05, 3.63) is 65.7 Å². The number of amides is 2. The maximum Gasteiger partial charge on any atom is 0.309 e. The van der Waals surface area contributed by atoms with E-state index in [2.05, 4.69) is 72.7 Å². The molecule has 0 saturated carbocycles. The number of anilines is 1. The van der Waals surface area contributed by atoms with Gasteiger partial charge in [-0.15, -0.1) is 0 Å². The van der Waals surface area contributed by atoms with Crippen LogP contribution in [0.2, 0.25) is 0 Å². The van der Waals surface area contributed by atoms with Crippen molar-refractivity contribution in [2.75, 3.05) is 24.5 Å². The molecule has 2 aromatic rings. The quantitative estimate of drug-likeness (QED) is 0.721. The topological polar surface area (TPSA) is 61.4 Å². The average Bonchev–Trinajstić information content (AvgIpc) is 2.78. The van der Waals surface area contributed by atoms with Crippen molar-refractivity contribution in [1.82, 2.24) is 10.6 Å². The Balaban J connectivity index is 1.45. The van der Waals surface area contributed by atoms with E-state index < -0.39 is 11.8 Å². The Hall–Kier alpha value is -2.82. The summed E-state index contributed by atoms with van der Waals surface area (Å²) in [5, 5.41) is 5.72. The maximum absolute atomic E-state index is 12.4. The van der Waals surface area contributed by atoms with Gasteiger partial charge in [0.2, 0.25) is 0 Å². The largest absolute Gasteiger partial charge is 0.371 e. The lowest BCUT2D eigenvalue weighted by atomic mass is 9.84. The number of nitrogens with zero attached hydrogens (tertiary/aromatic N) is 1. The Morgan fingerprint density at radius 1 is 0.967 bits per heavy atom. The predicted octanol–water partition coefficient (Wildman–Crippen LogP) is 3.43. The summed E-state index contributed by atoms with van der Waals surface area (Å²) < 4.78 is 0. The standard InChI is InChI=1S/C25H33N3O2/c1-4-19-10-12-20(13-11-19)25(2,3)18-26-23(29)24(30)27-21-14-16-28(17-15-21)22-8-6-5-7-9-22/h5-13,21H,4,14-18H2,1-3H3,(H,26,29)(H,27,30). The molecule has 0 aromatic heterocycles. The molecule has 5 nitrogen and oxygen atoms in total. The zero-order chi connectivity index (χ0) is 21.6. The normalized spacial score (nSPS) is 15.0. The van der Waals surface area contributed by atoms with Gasteiger partial charge in [-0.1, -0.05) is 63.2 Å². The number of hydrogen-bond donors (Lipinski definition) is 2. The fraction of sp³-hybridized carbons (Fsp3) is 0.440. The summed E-state index contributed by atoms with van der Waals surface area (Å²) in [6.07, 6.45) is 2.67. The molecule has 2 N–H and O–H groups in total. The molecule has 3 rings (SSSR count). The molecule has 0 bridgehead atoms. The molecule has 1 aliphatic heterocycles. The molecule has 1 aliphatic rings. The van der Waals surface area contributed by atoms with E-state index in [-0.39, 0.29) is 11.5 Å². The minimum atomic E-state index is -0.557. The summed E-state index contributed by atoms with van der Waals surface area (Å²) in [6, 6.07) is 18.8. The van der Waals surface area contributed by atoms with Gasteiger partial charge in [-0.3, -0.25) is 9.59 Å². The zero-order valence-corrected chi connectivity index (χ0v) is 18.3. The first-order valence-corrected chi connectivity index (χ1v) is 10.9. The van der Waals surface area contributed by atoms with Crippen molar-refractivity contribution in [3.63, 3.8) is 0 Å². The lowest BCUT2D eigenvalue weighted by Gasteiger charge is -2.34. The van der Waals surface area contributed by atoms with Crippen LogP contribution in [0.25, 0.3) is 0 Å². The second-order valence-electron chi connectivity index (χ2n) is 8.69. The number of carbonyl (C=O) groups excluding carboxylic acids is 2. The van der Waals surface area contributed by atoms with E-state index in [1.807, 2.05) is 18.2 Å². The van der Waals surface area contributed by atoms with E-state index in [4.69, 9.17) is 0 Å². The minimum absolute atomic E-state index is 0.0396. The van der Waals surface area contributed by atoms with E-state index in [0.29, 0.717) is 6.54 Å². The van der Waals surface area contributed by atoms with Gasteiger partial charge < -0.3 is 15.5 Å². The highest BCUT2D eigenvalue weighted by Gasteiger charge is 2.26. The molecule has 0 radical (unpaired) electrons. The summed E-state index contributed by atoms with van der Waals surface area (Å²) in [6.45, 7) is 8.44. The molecule has 1 fully saturated rings. The van der Waals surface area contributed by atoms with Crippen molar-refractivity contribution >= 4 is 17.5 Å². The van der Waals surface area contributed by atoms with Crippen molar-refractivity contribution < 1.29 is 9.59 Å². The highest BCUT2D eigenvalue weighted by Crippen LogP contribution is 2.23. The second-order valence-corrected chi connectivity index (χ2v) is 8.69. The van der Waals surface area contributed by atoms with Crippen molar-refractivity contribution in [3.8, 4) is 0 Å². The van der Waals surface area contributed by atoms with Crippen LogP contribution in [-0.2, 0) is 21.4 Å². The second kappa shape index (κ2) is 9.79. The molecule has 160 valence electrons. The summed E-state index contributed by atoms with van der Waals surface area (Å²) in [5.41, 5.74) is 3.39. The first-order valence-electron chi connectivity index (χ1n) is 10.9. The molecule has 30 heavy (non-hydrogen) atoms. The van der Waals surface area contributed by atoms with E-state index in [1.54, 1.807) is 0 Å². The molecular formula is C25H33N3O2. The zero-order valence-electron chi connectivity index (χ0n) is 18.3. The Labute approximate surface area is 179 Å². The van der Waals surface area contributed by atoms with Crippen LogP contribution < -0.4 is 15.5 Å². The van der Waals surface area contributed by atoms with Crippen LogP contribution in [0.4, 0.5) is 5.69 Å². The number of carbonyl (C=O) groups is 2. The molecular weight excluding hydrogens is 374 g/mol. The Morgan fingerprint density at radius 2 is 1.60 bits per heavy atom. The molecule has 0 unspecified atom stereocenters. The van der Waals surface area contributed by atoms with Gasteiger partial charge in [0.25, 0.3) is 0 Å². The van der Waals surface area contributed by atoms with Crippen molar-refractivity contribution in [1.29, 1.82) is 0 Å². The van der Waals surface area contributed by atoms with Crippen LogP contribution in [0.3, 0.4) is 0 Å². The average molecular weight is 408 g/mol. The number of hydrogen-bond acceptors (Lipinski definition) is 3. The summed E-state index contributed by atoms with van der Waals surface area (Å²) in [5.74, 6) is -1.09. The van der Waals surface area contributed by atoms with E-state index in [1.165, 1.54) is 11.3 Å². The third kappa shape index (κ3) is 5.62. The van der Waals surface area contributed by atoms with Crippen LogP contribution in [-0.4, -0.2) is 37.5 Å². The number of benzene rings is 2. The van der Waals surface area contributed by atoms with Crippen molar-refractivity contribution in [2.24, 2.45) is 0 Å². The summed E-state index contributed by atoms with van der Waals surface area (Å²) >= 11 is 0. The Bertz CT molecular complexity index is 838. The minimum Gasteiger partial charge on any atom is -0.371 e. The van der Waals surface area contributed by atoms with Crippen molar-refractivity contribution in [2.45, 2.75) is 51.5 Å². The molecule has 0 atom stereocenters. The Kier molecular flexibility index (Phi) is 7.14. The van der Waals surface area contributed by atoms with Crippen LogP contribution in [0.15, 0.2) is 54.6 Å². The molecule has 2 aromatic carbocycles.